The normalized spacial score (nSPS) is 11.5. The van der Waals surface area contributed by atoms with Crippen LogP contribution in [0, 0.1) is 0 Å². The Morgan fingerprint density at radius 1 is 0.559 bits per heavy atom. The van der Waals surface area contributed by atoms with Crippen molar-refractivity contribution in [3.05, 3.63) is 125 Å². The Kier molecular flexibility index (Phi) is 8.27. The maximum Gasteiger partial charge on any atom is 0.0549 e. The molecule has 172 valence electrons. The zero-order chi connectivity index (χ0) is 23.6. The fraction of sp³-hybridized carbons (Fsp3) is 0.207. The molecule has 0 saturated heterocycles. The number of nitrogens with zero attached hydrogens (tertiary/aromatic N) is 5. The molecule has 3 aromatic heterocycles. The van der Waals surface area contributed by atoms with Gasteiger partial charge in [0.05, 0.1) is 17.1 Å². The molecule has 5 nitrogen and oxygen atoms in total. The molecular formula is C29H31N5. The molecule has 5 heteroatoms. The predicted molar refractivity (Wildman–Crippen MR) is 138 cm³/mol. The van der Waals surface area contributed by atoms with Gasteiger partial charge < -0.3 is 0 Å². The summed E-state index contributed by atoms with van der Waals surface area (Å²) in [6, 6.07) is 24.9. The van der Waals surface area contributed by atoms with Crippen LogP contribution in [0.15, 0.2) is 91.4 Å². The van der Waals surface area contributed by atoms with Crippen molar-refractivity contribution in [3.8, 4) is 0 Å². The van der Waals surface area contributed by atoms with Crippen LogP contribution in [0.25, 0.3) is 12.2 Å². The van der Waals surface area contributed by atoms with Gasteiger partial charge in [-0.15, -0.1) is 0 Å². The molecule has 0 atom stereocenters. The van der Waals surface area contributed by atoms with E-state index in [1.54, 1.807) is 0 Å². The Balaban J connectivity index is 1.35. The van der Waals surface area contributed by atoms with Crippen molar-refractivity contribution in [2.45, 2.75) is 26.2 Å². The van der Waals surface area contributed by atoms with Gasteiger partial charge in [-0.3, -0.25) is 24.8 Å². The molecular weight excluding hydrogens is 418 g/mol. The molecule has 0 N–H and O–H groups in total. The highest BCUT2D eigenvalue weighted by molar-refractivity contribution is 5.69. The minimum atomic E-state index is 0.769. The number of aromatic nitrogens is 3. The molecule has 3 heterocycles. The van der Waals surface area contributed by atoms with E-state index >= 15 is 0 Å². The molecule has 0 aliphatic carbocycles. The molecule has 0 aliphatic heterocycles. The van der Waals surface area contributed by atoms with E-state index in [-0.39, 0.29) is 0 Å². The molecule has 0 radical (unpaired) electrons. The van der Waals surface area contributed by atoms with Gasteiger partial charge in [0.1, 0.15) is 0 Å². The lowest BCUT2D eigenvalue weighted by Crippen LogP contribution is -2.18. The van der Waals surface area contributed by atoms with Gasteiger partial charge in [0.25, 0.3) is 0 Å². The molecule has 0 unspecified atom stereocenters. The van der Waals surface area contributed by atoms with Crippen LogP contribution in [0.4, 0.5) is 0 Å². The van der Waals surface area contributed by atoms with E-state index in [0.29, 0.717) is 0 Å². The number of hydrogen-bond donors (Lipinski definition) is 0. The summed E-state index contributed by atoms with van der Waals surface area (Å²) in [5.41, 5.74) is 6.74. The fourth-order valence-electron chi connectivity index (χ4n) is 3.89. The highest BCUT2D eigenvalue weighted by Crippen LogP contribution is 2.13. The topological polar surface area (TPSA) is 45.2 Å². The van der Waals surface area contributed by atoms with Gasteiger partial charge in [-0.2, -0.15) is 0 Å². The average Bonchev–Trinajstić information content (AvgIpc) is 2.84. The third-order valence-corrected chi connectivity index (χ3v) is 5.47. The summed E-state index contributed by atoms with van der Waals surface area (Å²) in [7, 11) is 4.22. The van der Waals surface area contributed by atoms with Crippen molar-refractivity contribution in [2.24, 2.45) is 0 Å². The molecule has 34 heavy (non-hydrogen) atoms. The van der Waals surface area contributed by atoms with Gasteiger partial charge in [-0.1, -0.05) is 48.6 Å². The van der Waals surface area contributed by atoms with Crippen molar-refractivity contribution in [3.63, 3.8) is 0 Å². The van der Waals surface area contributed by atoms with E-state index in [9.17, 15) is 0 Å². The fourth-order valence-corrected chi connectivity index (χ4v) is 3.89. The van der Waals surface area contributed by atoms with Crippen LogP contribution in [0.3, 0.4) is 0 Å². The van der Waals surface area contributed by atoms with Crippen LogP contribution < -0.4 is 0 Å². The molecule has 0 aliphatic rings. The first-order valence-electron chi connectivity index (χ1n) is 11.5. The monoisotopic (exact) mass is 449 g/mol. The third-order valence-electron chi connectivity index (χ3n) is 5.47. The highest BCUT2D eigenvalue weighted by Gasteiger charge is 2.05. The molecule has 1 aromatic carbocycles. The van der Waals surface area contributed by atoms with Crippen LogP contribution in [-0.4, -0.2) is 38.8 Å². The van der Waals surface area contributed by atoms with Crippen molar-refractivity contribution >= 4 is 12.2 Å². The molecule has 0 fully saturated rings. The molecule has 0 spiro atoms. The smallest absolute Gasteiger partial charge is 0.0549 e. The van der Waals surface area contributed by atoms with Crippen LogP contribution >= 0.6 is 0 Å². The van der Waals surface area contributed by atoms with Crippen molar-refractivity contribution in [1.82, 2.24) is 24.8 Å². The lowest BCUT2D eigenvalue weighted by atomic mass is 10.1. The minimum Gasteiger partial charge on any atom is -0.296 e. The minimum absolute atomic E-state index is 0.769. The van der Waals surface area contributed by atoms with Gasteiger partial charge in [0, 0.05) is 44.8 Å². The molecule has 4 rings (SSSR count). The summed E-state index contributed by atoms with van der Waals surface area (Å²) in [6.07, 6.45) is 9.87. The van der Waals surface area contributed by atoms with E-state index in [1.807, 2.05) is 55.0 Å². The first kappa shape index (κ1) is 23.5. The van der Waals surface area contributed by atoms with Crippen LogP contribution in [-0.2, 0) is 26.2 Å². The predicted octanol–water partition coefficient (Wildman–Crippen LogP) is 5.31. The summed E-state index contributed by atoms with van der Waals surface area (Å²) in [6.45, 7) is 3.27. The quantitative estimate of drug-likeness (QED) is 0.328. The van der Waals surface area contributed by atoms with E-state index in [2.05, 4.69) is 87.4 Å². The standard InChI is InChI=1S/C29H31N5/c1-33(20-26-8-4-3-5-9-26)22-28-18-24(13-16-31-28)11-12-25-14-17-32-29(19-25)23-34(2)21-27-10-6-7-15-30-27/h3-19H,20-23H2,1-2H3/b12-11+. The van der Waals surface area contributed by atoms with Gasteiger partial charge in [0.2, 0.25) is 0 Å². The molecule has 0 saturated carbocycles. The van der Waals surface area contributed by atoms with Crippen molar-refractivity contribution in [2.75, 3.05) is 14.1 Å². The van der Waals surface area contributed by atoms with Crippen molar-refractivity contribution in [1.29, 1.82) is 0 Å². The highest BCUT2D eigenvalue weighted by atomic mass is 15.1. The van der Waals surface area contributed by atoms with Gasteiger partial charge in [-0.05, 0) is 67.2 Å². The second-order valence-electron chi connectivity index (χ2n) is 8.65. The largest absolute Gasteiger partial charge is 0.296 e. The van der Waals surface area contributed by atoms with Gasteiger partial charge >= 0.3 is 0 Å². The maximum absolute atomic E-state index is 4.56. The SMILES string of the molecule is CN(Cc1ccccc1)Cc1cc(/C=C/c2ccnc(CN(C)Cc3ccccn3)c2)ccn1. The van der Waals surface area contributed by atoms with E-state index < -0.39 is 0 Å². The number of benzene rings is 1. The Hall–Kier alpha value is -3.67. The lowest BCUT2D eigenvalue weighted by Gasteiger charge is -2.16. The van der Waals surface area contributed by atoms with Crippen LogP contribution in [0.2, 0.25) is 0 Å². The summed E-state index contributed by atoms with van der Waals surface area (Å²) in [4.78, 5) is 18.0. The van der Waals surface area contributed by atoms with Crippen molar-refractivity contribution < 1.29 is 0 Å². The molecule has 4 aromatic rings. The van der Waals surface area contributed by atoms with Gasteiger partial charge in [0.15, 0.2) is 0 Å². The summed E-state index contributed by atoms with van der Waals surface area (Å²) in [5.74, 6) is 0. The average molecular weight is 450 g/mol. The second kappa shape index (κ2) is 12.0. The Labute approximate surface area is 202 Å². The summed E-state index contributed by atoms with van der Waals surface area (Å²) < 4.78 is 0. The van der Waals surface area contributed by atoms with Crippen LogP contribution in [0.5, 0.6) is 0 Å². The Morgan fingerprint density at radius 2 is 1.09 bits per heavy atom. The van der Waals surface area contributed by atoms with E-state index in [4.69, 9.17) is 0 Å². The first-order valence-corrected chi connectivity index (χ1v) is 11.5. The summed E-state index contributed by atoms with van der Waals surface area (Å²) in [5, 5.41) is 0. The first-order chi connectivity index (χ1) is 16.6. The summed E-state index contributed by atoms with van der Waals surface area (Å²) >= 11 is 0. The zero-order valence-electron chi connectivity index (χ0n) is 19.9. The Morgan fingerprint density at radius 3 is 1.68 bits per heavy atom. The number of rotatable bonds is 10. The van der Waals surface area contributed by atoms with Crippen LogP contribution in [0.1, 0.15) is 33.8 Å². The number of pyridine rings is 3. The maximum atomic E-state index is 4.56. The Bertz CT molecular complexity index is 1100. The van der Waals surface area contributed by atoms with E-state index in [1.165, 1.54) is 5.56 Å². The molecule has 0 bridgehead atoms. The molecule has 0 amide bonds. The van der Waals surface area contributed by atoms with Gasteiger partial charge in [-0.25, -0.2) is 0 Å². The second-order valence-corrected chi connectivity index (χ2v) is 8.65. The van der Waals surface area contributed by atoms with E-state index in [0.717, 1.165) is 54.4 Å². The lowest BCUT2D eigenvalue weighted by molar-refractivity contribution is 0.311. The number of hydrogen-bond acceptors (Lipinski definition) is 5. The third kappa shape index (κ3) is 7.44. The zero-order valence-corrected chi connectivity index (χ0v) is 19.9.